The number of rotatable bonds is 5. The number of hydrogen-bond acceptors (Lipinski definition) is 6. The first-order valence-corrected chi connectivity index (χ1v) is 8.08. The van der Waals surface area contributed by atoms with E-state index in [1.807, 2.05) is 42.0 Å². The summed E-state index contributed by atoms with van der Waals surface area (Å²) in [5.41, 5.74) is 8.44. The van der Waals surface area contributed by atoms with Gasteiger partial charge in [-0.1, -0.05) is 30.3 Å². The Kier molecular flexibility index (Phi) is 3.77. The highest BCUT2D eigenvalue weighted by atomic mass is 15.4. The Balaban J connectivity index is 1.79. The number of nitrogens with one attached hydrogen (secondary N) is 1. The molecule has 4 rings (SSSR count). The number of nitrogens with zero attached hydrogens (tertiary/aromatic N) is 6. The Morgan fingerprint density at radius 1 is 1.08 bits per heavy atom. The lowest BCUT2D eigenvalue weighted by molar-refractivity contribution is 0.697. The van der Waals surface area contributed by atoms with E-state index in [0.717, 1.165) is 5.56 Å². The zero-order valence-corrected chi connectivity index (χ0v) is 13.8. The average molecular weight is 334 g/mol. The molecule has 0 aliphatic rings. The Morgan fingerprint density at radius 2 is 1.92 bits per heavy atom. The van der Waals surface area contributed by atoms with Gasteiger partial charge in [0, 0.05) is 25.5 Å². The van der Waals surface area contributed by atoms with E-state index in [1.54, 1.807) is 10.9 Å². The highest BCUT2D eigenvalue weighted by Crippen LogP contribution is 2.24. The van der Waals surface area contributed by atoms with Crippen LogP contribution in [0.1, 0.15) is 12.5 Å². The molecule has 0 spiro atoms. The van der Waals surface area contributed by atoms with Crippen molar-refractivity contribution in [2.24, 2.45) is 0 Å². The van der Waals surface area contributed by atoms with Crippen molar-refractivity contribution in [3.63, 3.8) is 0 Å². The Morgan fingerprint density at radius 3 is 2.64 bits per heavy atom. The van der Waals surface area contributed by atoms with E-state index in [2.05, 4.69) is 32.5 Å². The molecule has 0 saturated heterocycles. The number of aromatic nitrogens is 6. The summed E-state index contributed by atoms with van der Waals surface area (Å²) in [6.07, 6.45) is 3.56. The fourth-order valence-electron chi connectivity index (χ4n) is 2.76. The van der Waals surface area contributed by atoms with Crippen molar-refractivity contribution in [3.05, 3.63) is 54.4 Å². The number of nitrogen functional groups attached to an aromatic ring is 1. The molecule has 0 fully saturated rings. The highest BCUT2D eigenvalue weighted by Gasteiger charge is 2.17. The predicted molar refractivity (Wildman–Crippen MR) is 96.3 cm³/mol. The van der Waals surface area contributed by atoms with Crippen molar-refractivity contribution in [2.75, 3.05) is 11.1 Å². The number of anilines is 2. The predicted octanol–water partition coefficient (Wildman–Crippen LogP) is 2.23. The summed E-state index contributed by atoms with van der Waals surface area (Å²) in [5.74, 6) is 1.52. The minimum atomic E-state index is 0.213. The lowest BCUT2D eigenvalue weighted by Gasteiger charge is -2.07. The molecule has 8 nitrogen and oxygen atoms in total. The Bertz CT molecular complexity index is 989. The summed E-state index contributed by atoms with van der Waals surface area (Å²) in [7, 11) is 0. The minimum Gasteiger partial charge on any atom is -0.368 e. The third-order valence-corrected chi connectivity index (χ3v) is 3.92. The van der Waals surface area contributed by atoms with E-state index in [9.17, 15) is 0 Å². The molecule has 1 aromatic carbocycles. The first-order valence-electron chi connectivity index (χ1n) is 8.08. The van der Waals surface area contributed by atoms with Crippen LogP contribution in [0.15, 0.2) is 48.8 Å². The van der Waals surface area contributed by atoms with E-state index in [1.165, 1.54) is 0 Å². The summed E-state index contributed by atoms with van der Waals surface area (Å²) >= 11 is 0. The average Bonchev–Trinajstić information content (AvgIpc) is 3.27. The third-order valence-electron chi connectivity index (χ3n) is 3.92. The normalized spacial score (nSPS) is 11.1. The summed E-state index contributed by atoms with van der Waals surface area (Å²) in [5, 5.41) is 7.59. The molecular weight excluding hydrogens is 316 g/mol. The molecule has 0 aliphatic carbocycles. The van der Waals surface area contributed by atoms with Crippen LogP contribution in [0.25, 0.3) is 17.1 Å². The molecule has 0 aliphatic heterocycles. The molecule has 3 heterocycles. The van der Waals surface area contributed by atoms with Gasteiger partial charge in [-0.2, -0.15) is 15.1 Å². The van der Waals surface area contributed by atoms with Crippen LogP contribution >= 0.6 is 0 Å². The quantitative estimate of drug-likeness (QED) is 0.580. The van der Waals surface area contributed by atoms with Gasteiger partial charge in [-0.3, -0.25) is 4.57 Å². The number of imidazole rings is 1. The molecule has 0 amide bonds. The first-order chi connectivity index (χ1) is 12.3. The van der Waals surface area contributed by atoms with Gasteiger partial charge < -0.3 is 11.1 Å². The fraction of sp³-hybridized carbons (Fsp3) is 0.176. The van der Waals surface area contributed by atoms with Gasteiger partial charge in [-0.15, -0.1) is 0 Å². The van der Waals surface area contributed by atoms with E-state index in [0.29, 0.717) is 36.0 Å². The first kappa shape index (κ1) is 15.1. The van der Waals surface area contributed by atoms with Crippen molar-refractivity contribution in [1.82, 2.24) is 29.3 Å². The summed E-state index contributed by atoms with van der Waals surface area (Å²) in [6.45, 7) is 3.35. The van der Waals surface area contributed by atoms with Crippen LogP contribution in [-0.4, -0.2) is 29.3 Å². The van der Waals surface area contributed by atoms with E-state index >= 15 is 0 Å². The summed E-state index contributed by atoms with van der Waals surface area (Å²) in [6, 6.07) is 12.0. The van der Waals surface area contributed by atoms with Crippen LogP contribution in [0, 0.1) is 0 Å². The van der Waals surface area contributed by atoms with Crippen LogP contribution in [0.3, 0.4) is 0 Å². The van der Waals surface area contributed by atoms with Gasteiger partial charge in [0.25, 0.3) is 0 Å². The molecular formula is C17H18N8. The van der Waals surface area contributed by atoms with Crippen molar-refractivity contribution >= 4 is 22.9 Å². The second-order valence-electron chi connectivity index (χ2n) is 5.55. The van der Waals surface area contributed by atoms with Crippen molar-refractivity contribution in [1.29, 1.82) is 0 Å². The second-order valence-corrected chi connectivity index (χ2v) is 5.55. The molecule has 0 bridgehead atoms. The molecule has 25 heavy (non-hydrogen) atoms. The molecule has 0 saturated carbocycles. The maximum Gasteiger partial charge on any atom is 0.233 e. The number of nitrogens with two attached hydrogens (primary N) is 1. The molecule has 3 N–H and O–H groups in total. The van der Waals surface area contributed by atoms with Crippen molar-refractivity contribution < 1.29 is 0 Å². The van der Waals surface area contributed by atoms with Gasteiger partial charge in [0.1, 0.15) is 0 Å². The zero-order chi connectivity index (χ0) is 17.2. The smallest absolute Gasteiger partial charge is 0.233 e. The minimum absolute atomic E-state index is 0.213. The third kappa shape index (κ3) is 2.78. The number of aryl methyl sites for hydroxylation is 1. The zero-order valence-electron chi connectivity index (χ0n) is 13.8. The molecule has 0 unspecified atom stereocenters. The fourth-order valence-corrected chi connectivity index (χ4v) is 2.76. The van der Waals surface area contributed by atoms with Crippen LogP contribution < -0.4 is 11.1 Å². The molecule has 0 radical (unpaired) electrons. The van der Waals surface area contributed by atoms with Crippen LogP contribution in [0.5, 0.6) is 0 Å². The highest BCUT2D eigenvalue weighted by molar-refractivity contribution is 5.85. The lowest BCUT2D eigenvalue weighted by atomic mass is 10.2. The molecule has 4 aromatic rings. The van der Waals surface area contributed by atoms with Gasteiger partial charge in [0.05, 0.1) is 0 Å². The largest absolute Gasteiger partial charge is 0.368 e. The van der Waals surface area contributed by atoms with E-state index < -0.39 is 0 Å². The Labute approximate surface area is 144 Å². The molecule has 0 atom stereocenters. The van der Waals surface area contributed by atoms with Crippen LogP contribution in [-0.2, 0) is 13.1 Å². The van der Waals surface area contributed by atoms with Crippen molar-refractivity contribution in [2.45, 2.75) is 20.0 Å². The van der Waals surface area contributed by atoms with Gasteiger partial charge in [0.2, 0.25) is 11.9 Å². The summed E-state index contributed by atoms with van der Waals surface area (Å²) in [4.78, 5) is 13.4. The van der Waals surface area contributed by atoms with Gasteiger partial charge in [0.15, 0.2) is 17.0 Å². The number of benzene rings is 1. The maximum atomic E-state index is 5.92. The van der Waals surface area contributed by atoms with Gasteiger partial charge in [-0.05, 0) is 18.6 Å². The van der Waals surface area contributed by atoms with Crippen molar-refractivity contribution in [3.8, 4) is 5.95 Å². The Hall–Kier alpha value is -3.42. The van der Waals surface area contributed by atoms with E-state index in [4.69, 9.17) is 10.7 Å². The standard InChI is InChI=1S/C17H18N8/c1-2-24-15-13(21-17(24)25-10-6-9-20-25)14(22-16(18)23-15)19-11-12-7-4-3-5-8-12/h3-10H,2,11H2,1H3,(H3,18,19,22,23). The number of hydrogen-bond donors (Lipinski definition) is 2. The van der Waals surface area contributed by atoms with Crippen LogP contribution in [0.2, 0.25) is 0 Å². The molecule has 126 valence electrons. The van der Waals surface area contributed by atoms with Gasteiger partial charge >= 0.3 is 0 Å². The van der Waals surface area contributed by atoms with E-state index in [-0.39, 0.29) is 5.95 Å². The summed E-state index contributed by atoms with van der Waals surface area (Å²) < 4.78 is 3.68. The lowest BCUT2D eigenvalue weighted by Crippen LogP contribution is -2.08. The SMILES string of the molecule is CCn1c(-n2cccn2)nc2c(NCc3ccccc3)nc(N)nc21. The second kappa shape index (κ2) is 6.23. The number of fused-ring (bicyclic) bond motifs is 1. The van der Waals surface area contributed by atoms with Crippen LogP contribution in [0.4, 0.5) is 11.8 Å². The topological polar surface area (TPSA) is 99.5 Å². The maximum absolute atomic E-state index is 5.92. The molecule has 3 aromatic heterocycles. The monoisotopic (exact) mass is 334 g/mol. The molecule has 8 heteroatoms. The van der Waals surface area contributed by atoms with Gasteiger partial charge in [-0.25, -0.2) is 9.67 Å².